The van der Waals surface area contributed by atoms with Crippen LogP contribution in [0.15, 0.2) is 0 Å². The average Bonchev–Trinajstić information content (AvgIpc) is 2.22. The van der Waals surface area contributed by atoms with Crippen LogP contribution in [-0.4, -0.2) is 55.5 Å². The molecule has 0 saturated heterocycles. The molecule has 0 bridgehead atoms. The Morgan fingerprint density at radius 1 is 1.26 bits per heavy atom. The maximum Gasteiger partial charge on any atom is 0.320 e. The summed E-state index contributed by atoms with van der Waals surface area (Å²) in [6, 6.07) is 0.0968. The van der Waals surface area contributed by atoms with Gasteiger partial charge in [-0.05, 0) is 41.5 Å². The van der Waals surface area contributed by atoms with Gasteiger partial charge in [0.25, 0.3) is 0 Å². The van der Waals surface area contributed by atoms with Crippen LogP contribution in [0.1, 0.15) is 41.5 Å². The molecule has 0 aromatic carbocycles. The summed E-state index contributed by atoms with van der Waals surface area (Å²) in [5.41, 5.74) is 0. The van der Waals surface area contributed by atoms with Crippen molar-refractivity contribution in [3.05, 3.63) is 0 Å². The number of nitrogens with zero attached hydrogens (tertiary/aromatic N) is 1. The Morgan fingerprint density at radius 3 is 2.16 bits per heavy atom. The van der Waals surface area contributed by atoms with E-state index >= 15 is 0 Å². The zero-order valence-electron chi connectivity index (χ0n) is 12.9. The number of esters is 1. The van der Waals surface area contributed by atoms with Crippen molar-refractivity contribution < 1.29 is 17.9 Å². The molecule has 0 N–H and O–H groups in total. The first-order valence-corrected chi connectivity index (χ1v) is 8.28. The molecule has 0 rings (SSSR count). The molecule has 0 radical (unpaired) electrons. The summed E-state index contributed by atoms with van der Waals surface area (Å²) in [6.45, 7) is 11.5. The zero-order chi connectivity index (χ0) is 15.3. The molecule has 0 spiro atoms. The maximum atomic E-state index is 12.0. The summed E-state index contributed by atoms with van der Waals surface area (Å²) < 4.78 is 28.2. The van der Waals surface area contributed by atoms with Gasteiger partial charge in [-0.25, -0.2) is 8.42 Å². The third kappa shape index (κ3) is 6.38. The minimum absolute atomic E-state index is 0.0497. The zero-order valence-corrected chi connectivity index (χ0v) is 13.7. The van der Waals surface area contributed by atoms with Crippen LogP contribution < -0.4 is 0 Å². The van der Waals surface area contributed by atoms with Crippen LogP contribution in [-0.2, 0) is 19.4 Å². The summed E-state index contributed by atoms with van der Waals surface area (Å²) in [5.74, 6) is -0.266. The van der Waals surface area contributed by atoms with Crippen LogP contribution in [0.3, 0.4) is 0 Å². The lowest BCUT2D eigenvalue weighted by Crippen LogP contribution is -2.42. The predicted octanol–water partition coefficient (Wildman–Crippen LogP) is 1.47. The van der Waals surface area contributed by atoms with Crippen molar-refractivity contribution in [3.63, 3.8) is 0 Å². The SMILES string of the molecule is CCOC(=O)CN(CCS(=O)(=O)C(C)(C)C)C(C)C. The molecule has 19 heavy (non-hydrogen) atoms. The van der Waals surface area contributed by atoms with Gasteiger partial charge in [-0.3, -0.25) is 9.69 Å². The molecular weight excluding hydrogens is 266 g/mol. The summed E-state index contributed by atoms with van der Waals surface area (Å²) in [5, 5.41) is 0. The molecule has 0 unspecified atom stereocenters. The van der Waals surface area contributed by atoms with Gasteiger partial charge in [0.15, 0.2) is 9.84 Å². The Hall–Kier alpha value is -0.620. The summed E-state index contributed by atoms with van der Waals surface area (Å²) in [4.78, 5) is 13.3. The highest BCUT2D eigenvalue weighted by Gasteiger charge is 2.29. The Kier molecular flexibility index (Phi) is 7.00. The second-order valence-electron chi connectivity index (χ2n) is 5.80. The number of sulfone groups is 1. The molecule has 0 amide bonds. The van der Waals surface area contributed by atoms with E-state index in [0.717, 1.165) is 0 Å². The largest absolute Gasteiger partial charge is 0.465 e. The van der Waals surface area contributed by atoms with E-state index in [4.69, 9.17) is 4.74 Å². The molecule has 0 saturated carbocycles. The van der Waals surface area contributed by atoms with E-state index in [2.05, 4.69) is 0 Å². The Morgan fingerprint density at radius 2 is 1.79 bits per heavy atom. The quantitative estimate of drug-likeness (QED) is 0.665. The second kappa shape index (κ2) is 7.24. The number of hydrogen-bond donors (Lipinski definition) is 0. The highest BCUT2D eigenvalue weighted by molar-refractivity contribution is 7.92. The molecule has 0 aliphatic carbocycles. The molecule has 0 fully saturated rings. The molecule has 0 aromatic heterocycles. The summed E-state index contributed by atoms with van der Waals surface area (Å²) in [6.07, 6.45) is 0. The fourth-order valence-corrected chi connectivity index (χ4v) is 2.52. The van der Waals surface area contributed by atoms with Gasteiger partial charge in [0.1, 0.15) is 0 Å². The average molecular weight is 293 g/mol. The molecule has 5 nitrogen and oxygen atoms in total. The number of carbonyl (C=O) groups excluding carboxylic acids is 1. The van der Waals surface area contributed by atoms with Gasteiger partial charge < -0.3 is 4.74 Å². The van der Waals surface area contributed by atoms with Crippen molar-refractivity contribution in [2.75, 3.05) is 25.4 Å². The van der Waals surface area contributed by atoms with E-state index in [0.29, 0.717) is 13.2 Å². The normalized spacial score (nSPS) is 13.1. The smallest absolute Gasteiger partial charge is 0.320 e. The fourth-order valence-electron chi connectivity index (χ4n) is 1.44. The first-order valence-electron chi connectivity index (χ1n) is 6.63. The van der Waals surface area contributed by atoms with E-state index in [9.17, 15) is 13.2 Å². The number of carbonyl (C=O) groups is 1. The molecule has 0 heterocycles. The first-order chi connectivity index (χ1) is 8.51. The Bertz CT molecular complexity index is 382. The van der Waals surface area contributed by atoms with E-state index in [1.807, 2.05) is 18.7 Å². The van der Waals surface area contributed by atoms with Crippen LogP contribution in [0.2, 0.25) is 0 Å². The van der Waals surface area contributed by atoms with Gasteiger partial charge in [0, 0.05) is 12.6 Å². The summed E-state index contributed by atoms with van der Waals surface area (Å²) >= 11 is 0. The number of ether oxygens (including phenoxy) is 1. The molecular formula is C13H27NO4S. The van der Waals surface area contributed by atoms with Gasteiger partial charge in [-0.1, -0.05) is 0 Å². The molecule has 0 aromatic rings. The summed E-state index contributed by atoms with van der Waals surface area (Å²) in [7, 11) is -3.17. The lowest BCUT2D eigenvalue weighted by atomic mass is 10.3. The van der Waals surface area contributed by atoms with Crippen molar-refractivity contribution in [3.8, 4) is 0 Å². The van der Waals surface area contributed by atoms with E-state index in [-0.39, 0.29) is 24.3 Å². The molecule has 0 aliphatic heterocycles. The van der Waals surface area contributed by atoms with Crippen molar-refractivity contribution in [2.45, 2.75) is 52.3 Å². The fraction of sp³-hybridized carbons (Fsp3) is 0.923. The molecule has 6 heteroatoms. The van der Waals surface area contributed by atoms with Crippen LogP contribution in [0.25, 0.3) is 0 Å². The highest BCUT2D eigenvalue weighted by Crippen LogP contribution is 2.16. The topological polar surface area (TPSA) is 63.7 Å². The highest BCUT2D eigenvalue weighted by atomic mass is 32.2. The third-order valence-electron chi connectivity index (χ3n) is 2.95. The standard InChI is InChI=1S/C13H27NO4S/c1-7-18-12(15)10-14(11(2)3)8-9-19(16,17)13(4,5)6/h11H,7-10H2,1-6H3. The Labute approximate surface area is 117 Å². The molecule has 114 valence electrons. The predicted molar refractivity (Wildman–Crippen MR) is 76.9 cm³/mol. The van der Waals surface area contributed by atoms with Crippen molar-refractivity contribution in [1.82, 2.24) is 4.90 Å². The van der Waals surface area contributed by atoms with Gasteiger partial charge in [-0.2, -0.15) is 0 Å². The van der Waals surface area contributed by atoms with E-state index in [1.165, 1.54) is 0 Å². The first kappa shape index (κ1) is 18.4. The van der Waals surface area contributed by atoms with Crippen LogP contribution >= 0.6 is 0 Å². The van der Waals surface area contributed by atoms with Crippen LogP contribution in [0.5, 0.6) is 0 Å². The third-order valence-corrected chi connectivity index (χ3v) is 5.53. The second-order valence-corrected chi connectivity index (χ2v) is 8.66. The van der Waals surface area contributed by atoms with Crippen LogP contribution in [0.4, 0.5) is 0 Å². The number of hydrogen-bond acceptors (Lipinski definition) is 5. The van der Waals surface area contributed by atoms with Gasteiger partial charge in [0.2, 0.25) is 0 Å². The van der Waals surface area contributed by atoms with E-state index in [1.54, 1.807) is 27.7 Å². The van der Waals surface area contributed by atoms with Crippen molar-refractivity contribution >= 4 is 15.8 Å². The lowest BCUT2D eigenvalue weighted by Gasteiger charge is -2.27. The van der Waals surface area contributed by atoms with E-state index < -0.39 is 14.6 Å². The lowest BCUT2D eigenvalue weighted by molar-refractivity contribution is -0.144. The Balaban J connectivity index is 4.59. The van der Waals surface area contributed by atoms with Crippen LogP contribution in [0, 0.1) is 0 Å². The monoisotopic (exact) mass is 293 g/mol. The van der Waals surface area contributed by atoms with Gasteiger partial charge in [0.05, 0.1) is 23.7 Å². The number of rotatable bonds is 7. The van der Waals surface area contributed by atoms with Gasteiger partial charge >= 0.3 is 5.97 Å². The maximum absolute atomic E-state index is 12.0. The van der Waals surface area contributed by atoms with Crippen molar-refractivity contribution in [2.24, 2.45) is 0 Å². The minimum atomic E-state index is -3.17. The molecule has 0 aliphatic rings. The van der Waals surface area contributed by atoms with Gasteiger partial charge in [-0.15, -0.1) is 0 Å². The molecule has 0 atom stereocenters. The minimum Gasteiger partial charge on any atom is -0.465 e. The van der Waals surface area contributed by atoms with Crippen molar-refractivity contribution in [1.29, 1.82) is 0 Å².